The zero-order valence-corrected chi connectivity index (χ0v) is 13.7. The van der Waals surface area contributed by atoms with E-state index in [-0.39, 0.29) is 0 Å². The Kier molecular flexibility index (Phi) is 5.71. The third-order valence-electron chi connectivity index (χ3n) is 3.33. The van der Waals surface area contributed by atoms with Crippen molar-refractivity contribution >= 4 is 17.3 Å². The molecule has 4 heteroatoms. The molecule has 0 bridgehead atoms. The third kappa shape index (κ3) is 4.80. The van der Waals surface area contributed by atoms with E-state index in [4.69, 9.17) is 16.0 Å². The van der Waals surface area contributed by atoms with Crippen LogP contribution in [0.5, 0.6) is 0 Å². The molecule has 0 aliphatic carbocycles. The minimum atomic E-state index is 0.643. The third-order valence-corrected chi connectivity index (χ3v) is 3.56. The Hall–Kier alpha value is -1.45. The second-order valence-electron chi connectivity index (χ2n) is 5.79. The first-order valence-electron chi connectivity index (χ1n) is 7.27. The van der Waals surface area contributed by atoms with Crippen LogP contribution in [-0.4, -0.2) is 13.6 Å². The molecule has 0 saturated carbocycles. The quantitative estimate of drug-likeness (QED) is 0.826. The predicted molar refractivity (Wildman–Crippen MR) is 88.8 cm³/mol. The zero-order chi connectivity index (χ0) is 15.2. The lowest BCUT2D eigenvalue weighted by Gasteiger charge is -2.23. The molecule has 21 heavy (non-hydrogen) atoms. The lowest BCUT2D eigenvalue weighted by Crippen LogP contribution is -2.22. The van der Waals surface area contributed by atoms with Crippen LogP contribution in [0.3, 0.4) is 0 Å². The highest BCUT2D eigenvalue weighted by atomic mass is 35.5. The number of anilines is 1. The fourth-order valence-electron chi connectivity index (χ4n) is 2.28. The first-order chi connectivity index (χ1) is 10.1. The van der Waals surface area contributed by atoms with Crippen molar-refractivity contribution in [2.75, 3.05) is 18.5 Å². The maximum atomic E-state index is 6.16. The highest BCUT2D eigenvalue weighted by molar-refractivity contribution is 6.30. The van der Waals surface area contributed by atoms with Crippen LogP contribution in [0, 0.1) is 5.92 Å². The summed E-state index contributed by atoms with van der Waals surface area (Å²) in [5.41, 5.74) is 3.56. The van der Waals surface area contributed by atoms with Crippen LogP contribution in [0.1, 0.15) is 25.0 Å². The summed E-state index contributed by atoms with van der Waals surface area (Å²) >= 11 is 6.16. The van der Waals surface area contributed by atoms with E-state index in [9.17, 15) is 0 Å². The van der Waals surface area contributed by atoms with E-state index in [0.717, 1.165) is 35.9 Å². The Balaban J connectivity index is 2.10. The summed E-state index contributed by atoms with van der Waals surface area (Å²) in [7, 11) is 2.07. The fraction of sp³-hybridized carbons (Fsp3) is 0.412. The average molecular weight is 307 g/mol. The van der Waals surface area contributed by atoms with E-state index < -0.39 is 0 Å². The Bertz CT molecular complexity index is 552. The summed E-state index contributed by atoms with van der Waals surface area (Å²) in [5.74, 6) is 0.643. The van der Waals surface area contributed by atoms with Crippen molar-refractivity contribution < 1.29 is 4.42 Å². The second kappa shape index (κ2) is 7.53. The number of hydrogen-bond donors (Lipinski definition) is 1. The summed E-state index contributed by atoms with van der Waals surface area (Å²) in [4.78, 5) is 2.20. The summed E-state index contributed by atoms with van der Waals surface area (Å²) in [5, 5.41) is 4.25. The minimum Gasteiger partial charge on any atom is -0.472 e. The monoisotopic (exact) mass is 306 g/mol. The van der Waals surface area contributed by atoms with Gasteiger partial charge in [0, 0.05) is 36.4 Å². The molecule has 0 unspecified atom stereocenters. The summed E-state index contributed by atoms with van der Waals surface area (Å²) in [6, 6.07) is 8.05. The molecule has 2 rings (SSSR count). The van der Waals surface area contributed by atoms with E-state index in [1.54, 1.807) is 12.5 Å². The van der Waals surface area contributed by atoms with Crippen molar-refractivity contribution in [2.24, 2.45) is 5.92 Å². The van der Waals surface area contributed by atoms with Crippen LogP contribution in [0.25, 0.3) is 0 Å². The Morgan fingerprint density at radius 2 is 2.10 bits per heavy atom. The molecule has 3 nitrogen and oxygen atoms in total. The molecule has 0 aliphatic heterocycles. The van der Waals surface area contributed by atoms with Gasteiger partial charge in [0.05, 0.1) is 12.5 Å². The lowest BCUT2D eigenvalue weighted by molar-refractivity contribution is 0.552. The molecule has 1 heterocycles. The number of halogens is 1. The van der Waals surface area contributed by atoms with E-state index in [0.29, 0.717) is 5.92 Å². The van der Waals surface area contributed by atoms with Crippen LogP contribution in [0.15, 0.2) is 41.2 Å². The Morgan fingerprint density at radius 1 is 1.29 bits per heavy atom. The van der Waals surface area contributed by atoms with Gasteiger partial charge in [-0.25, -0.2) is 0 Å². The molecule has 0 amide bonds. The number of furan rings is 1. The number of benzene rings is 1. The van der Waals surface area contributed by atoms with Gasteiger partial charge >= 0.3 is 0 Å². The van der Waals surface area contributed by atoms with Crippen molar-refractivity contribution in [1.82, 2.24) is 5.32 Å². The first kappa shape index (κ1) is 15.9. The predicted octanol–water partition coefficient (Wildman–Crippen LogP) is 4.32. The van der Waals surface area contributed by atoms with Crippen molar-refractivity contribution in [3.05, 3.63) is 52.9 Å². The van der Waals surface area contributed by atoms with Crippen molar-refractivity contribution in [3.63, 3.8) is 0 Å². The average Bonchev–Trinajstić information content (AvgIpc) is 2.92. The molecule has 1 aromatic heterocycles. The van der Waals surface area contributed by atoms with E-state index in [1.807, 2.05) is 18.2 Å². The van der Waals surface area contributed by atoms with Gasteiger partial charge in [0.15, 0.2) is 0 Å². The standard InChI is InChI=1S/C17H23ClN2O/c1-13(2)9-19-10-15-4-5-16(18)8-17(15)20(3)11-14-6-7-21-12-14/h4-8,12-13,19H,9-11H2,1-3H3. The van der Waals surface area contributed by atoms with Gasteiger partial charge in [-0.3, -0.25) is 0 Å². The Morgan fingerprint density at radius 3 is 2.76 bits per heavy atom. The van der Waals surface area contributed by atoms with Crippen LogP contribution in [-0.2, 0) is 13.1 Å². The van der Waals surface area contributed by atoms with Gasteiger partial charge in [0.2, 0.25) is 0 Å². The molecule has 0 aliphatic rings. The van der Waals surface area contributed by atoms with Gasteiger partial charge < -0.3 is 14.6 Å². The van der Waals surface area contributed by atoms with Gasteiger partial charge in [-0.2, -0.15) is 0 Å². The topological polar surface area (TPSA) is 28.4 Å². The maximum absolute atomic E-state index is 6.16. The minimum absolute atomic E-state index is 0.643. The number of nitrogens with one attached hydrogen (secondary N) is 1. The van der Waals surface area contributed by atoms with E-state index in [2.05, 4.69) is 37.2 Å². The molecular weight excluding hydrogens is 284 g/mol. The lowest BCUT2D eigenvalue weighted by atomic mass is 10.1. The molecule has 0 fully saturated rings. The first-order valence-corrected chi connectivity index (χ1v) is 7.65. The number of rotatable bonds is 7. The SMILES string of the molecule is CC(C)CNCc1ccc(Cl)cc1N(C)Cc1ccoc1. The smallest absolute Gasteiger partial charge is 0.0952 e. The van der Waals surface area contributed by atoms with Gasteiger partial charge in [-0.05, 0) is 36.2 Å². The molecule has 1 aromatic carbocycles. The Labute approximate surface area is 131 Å². The van der Waals surface area contributed by atoms with Crippen molar-refractivity contribution in [1.29, 1.82) is 0 Å². The van der Waals surface area contributed by atoms with E-state index in [1.165, 1.54) is 5.56 Å². The molecule has 0 saturated heterocycles. The van der Waals surface area contributed by atoms with Gasteiger partial charge in [0.1, 0.15) is 0 Å². The van der Waals surface area contributed by atoms with Gasteiger partial charge in [-0.1, -0.05) is 31.5 Å². The molecule has 0 radical (unpaired) electrons. The number of nitrogens with zero attached hydrogens (tertiary/aromatic N) is 1. The second-order valence-corrected chi connectivity index (χ2v) is 6.22. The maximum Gasteiger partial charge on any atom is 0.0952 e. The molecule has 114 valence electrons. The van der Waals surface area contributed by atoms with Crippen LogP contribution in [0.2, 0.25) is 5.02 Å². The molecular formula is C17H23ClN2O. The largest absolute Gasteiger partial charge is 0.472 e. The highest BCUT2D eigenvalue weighted by Gasteiger charge is 2.10. The molecule has 2 aromatic rings. The molecule has 0 spiro atoms. The molecule has 1 N–H and O–H groups in total. The van der Waals surface area contributed by atoms with Crippen molar-refractivity contribution in [2.45, 2.75) is 26.9 Å². The molecule has 0 atom stereocenters. The highest BCUT2D eigenvalue weighted by Crippen LogP contribution is 2.25. The summed E-state index contributed by atoms with van der Waals surface area (Å²) in [6.07, 6.45) is 3.48. The van der Waals surface area contributed by atoms with Crippen molar-refractivity contribution in [3.8, 4) is 0 Å². The summed E-state index contributed by atoms with van der Waals surface area (Å²) < 4.78 is 5.13. The van der Waals surface area contributed by atoms with Crippen LogP contribution >= 0.6 is 11.6 Å². The van der Waals surface area contributed by atoms with Crippen LogP contribution in [0.4, 0.5) is 5.69 Å². The van der Waals surface area contributed by atoms with Gasteiger partial charge in [0.25, 0.3) is 0 Å². The van der Waals surface area contributed by atoms with Gasteiger partial charge in [-0.15, -0.1) is 0 Å². The van der Waals surface area contributed by atoms with Crippen LogP contribution < -0.4 is 10.2 Å². The zero-order valence-electron chi connectivity index (χ0n) is 12.9. The summed E-state index contributed by atoms with van der Waals surface area (Å²) in [6.45, 7) is 7.07. The normalized spacial score (nSPS) is 11.1. The van der Waals surface area contributed by atoms with E-state index >= 15 is 0 Å². The number of hydrogen-bond acceptors (Lipinski definition) is 3. The fourth-order valence-corrected chi connectivity index (χ4v) is 2.45.